The van der Waals surface area contributed by atoms with Gasteiger partial charge in [0.2, 0.25) is 0 Å². The van der Waals surface area contributed by atoms with Gasteiger partial charge in [0.1, 0.15) is 5.75 Å². The van der Waals surface area contributed by atoms with E-state index < -0.39 is 0 Å². The summed E-state index contributed by atoms with van der Waals surface area (Å²) in [5.41, 5.74) is 0. The molecule has 0 radical (unpaired) electrons. The molecule has 1 atom stereocenters. The van der Waals surface area contributed by atoms with Crippen molar-refractivity contribution in [3.05, 3.63) is 30.3 Å². The third-order valence-corrected chi connectivity index (χ3v) is 2.70. The van der Waals surface area contributed by atoms with Gasteiger partial charge in [-0.25, -0.2) is 0 Å². The maximum atomic E-state index is 5.64. The van der Waals surface area contributed by atoms with Crippen LogP contribution in [0.2, 0.25) is 0 Å². The molecule has 1 heterocycles. The Kier molecular flexibility index (Phi) is 3.41. The number of benzene rings is 1. The van der Waals surface area contributed by atoms with Crippen LogP contribution in [0.15, 0.2) is 30.3 Å². The third-order valence-electron chi connectivity index (χ3n) is 2.70. The van der Waals surface area contributed by atoms with Crippen molar-refractivity contribution in [3.8, 4) is 5.75 Å². The molecule has 0 saturated carbocycles. The summed E-state index contributed by atoms with van der Waals surface area (Å²) >= 11 is 0. The van der Waals surface area contributed by atoms with E-state index in [1.807, 2.05) is 30.3 Å². The van der Waals surface area contributed by atoms with Crippen molar-refractivity contribution in [2.75, 3.05) is 19.7 Å². The van der Waals surface area contributed by atoms with Crippen LogP contribution in [0.4, 0.5) is 0 Å². The molecule has 1 saturated heterocycles. The molecule has 1 fully saturated rings. The van der Waals surface area contributed by atoms with Gasteiger partial charge in [-0.15, -0.1) is 0 Å². The minimum absolute atomic E-state index is 0.818. The zero-order chi connectivity index (χ0) is 9.64. The summed E-state index contributed by atoms with van der Waals surface area (Å²) in [6.45, 7) is 3.19. The second-order valence-electron chi connectivity index (χ2n) is 3.81. The average molecular weight is 191 g/mol. The first-order chi connectivity index (χ1) is 6.95. The maximum Gasteiger partial charge on any atom is 0.119 e. The Morgan fingerprint density at radius 1 is 1.29 bits per heavy atom. The highest BCUT2D eigenvalue weighted by Crippen LogP contribution is 2.14. The van der Waals surface area contributed by atoms with Crippen molar-refractivity contribution in [1.29, 1.82) is 0 Å². The summed E-state index contributed by atoms with van der Waals surface area (Å²) in [5, 5.41) is 3.37. The molecule has 0 bridgehead atoms. The summed E-state index contributed by atoms with van der Waals surface area (Å²) in [5.74, 6) is 1.80. The van der Waals surface area contributed by atoms with Gasteiger partial charge in [-0.3, -0.25) is 0 Å². The highest BCUT2D eigenvalue weighted by molar-refractivity contribution is 5.20. The van der Waals surface area contributed by atoms with Crippen LogP contribution in [-0.4, -0.2) is 19.7 Å². The van der Waals surface area contributed by atoms with Crippen molar-refractivity contribution in [2.45, 2.75) is 12.8 Å². The third kappa shape index (κ3) is 2.74. The van der Waals surface area contributed by atoms with Gasteiger partial charge in [-0.1, -0.05) is 18.2 Å². The van der Waals surface area contributed by atoms with Crippen molar-refractivity contribution < 1.29 is 4.74 Å². The number of nitrogens with one attached hydrogen (secondary N) is 1. The van der Waals surface area contributed by atoms with Gasteiger partial charge in [0, 0.05) is 0 Å². The minimum Gasteiger partial charge on any atom is -0.494 e. The van der Waals surface area contributed by atoms with Crippen LogP contribution in [0.3, 0.4) is 0 Å². The first-order valence-electron chi connectivity index (χ1n) is 5.34. The molecule has 0 amide bonds. The minimum atomic E-state index is 0.818. The van der Waals surface area contributed by atoms with Crippen LogP contribution < -0.4 is 10.1 Å². The van der Waals surface area contributed by atoms with E-state index in [2.05, 4.69) is 5.32 Å². The van der Waals surface area contributed by atoms with Crippen LogP contribution in [-0.2, 0) is 0 Å². The SMILES string of the molecule is c1ccc(OCC[C@@H]2CCNC2)cc1. The molecular weight excluding hydrogens is 174 g/mol. The van der Waals surface area contributed by atoms with Crippen molar-refractivity contribution in [1.82, 2.24) is 5.32 Å². The molecule has 76 valence electrons. The lowest BCUT2D eigenvalue weighted by molar-refractivity contribution is 0.283. The van der Waals surface area contributed by atoms with Gasteiger partial charge < -0.3 is 10.1 Å². The quantitative estimate of drug-likeness (QED) is 0.786. The Hall–Kier alpha value is -1.02. The number of hydrogen-bond acceptors (Lipinski definition) is 2. The maximum absolute atomic E-state index is 5.64. The van der Waals surface area contributed by atoms with Gasteiger partial charge in [0.25, 0.3) is 0 Å². The second kappa shape index (κ2) is 5.01. The van der Waals surface area contributed by atoms with Gasteiger partial charge in [-0.05, 0) is 44.0 Å². The second-order valence-corrected chi connectivity index (χ2v) is 3.81. The van der Waals surface area contributed by atoms with E-state index in [1.165, 1.54) is 19.4 Å². The molecule has 1 aromatic carbocycles. The number of rotatable bonds is 4. The summed E-state index contributed by atoms with van der Waals surface area (Å²) in [4.78, 5) is 0. The summed E-state index contributed by atoms with van der Waals surface area (Å²) in [7, 11) is 0. The number of para-hydroxylation sites is 1. The van der Waals surface area contributed by atoms with Gasteiger partial charge in [0.15, 0.2) is 0 Å². The molecule has 0 aromatic heterocycles. The van der Waals surface area contributed by atoms with Crippen molar-refractivity contribution in [3.63, 3.8) is 0 Å². The average Bonchev–Trinajstić information content (AvgIpc) is 2.72. The van der Waals surface area contributed by atoms with E-state index >= 15 is 0 Å². The number of hydrogen-bond donors (Lipinski definition) is 1. The molecule has 2 heteroatoms. The smallest absolute Gasteiger partial charge is 0.119 e. The number of ether oxygens (including phenoxy) is 1. The zero-order valence-corrected chi connectivity index (χ0v) is 8.41. The first-order valence-corrected chi connectivity index (χ1v) is 5.34. The molecule has 1 aliphatic heterocycles. The largest absolute Gasteiger partial charge is 0.494 e. The fourth-order valence-electron chi connectivity index (χ4n) is 1.82. The normalized spacial score (nSPS) is 21.0. The molecule has 0 spiro atoms. The topological polar surface area (TPSA) is 21.3 Å². The van der Waals surface area contributed by atoms with Crippen LogP contribution in [0.5, 0.6) is 5.75 Å². The highest BCUT2D eigenvalue weighted by atomic mass is 16.5. The zero-order valence-electron chi connectivity index (χ0n) is 8.41. The summed E-state index contributed by atoms with van der Waals surface area (Å²) in [6.07, 6.45) is 2.47. The lowest BCUT2D eigenvalue weighted by Gasteiger charge is -2.09. The molecular formula is C12H17NO. The lowest BCUT2D eigenvalue weighted by Crippen LogP contribution is -2.11. The molecule has 1 aromatic rings. The summed E-state index contributed by atoms with van der Waals surface area (Å²) < 4.78 is 5.64. The van der Waals surface area contributed by atoms with E-state index in [9.17, 15) is 0 Å². The molecule has 2 nitrogen and oxygen atoms in total. The molecule has 0 aliphatic carbocycles. The van der Waals surface area contributed by atoms with Crippen LogP contribution in [0.25, 0.3) is 0 Å². The highest BCUT2D eigenvalue weighted by Gasteiger charge is 2.13. The predicted octanol–water partition coefficient (Wildman–Crippen LogP) is 2.06. The monoisotopic (exact) mass is 191 g/mol. The molecule has 1 N–H and O–H groups in total. The van der Waals surface area contributed by atoms with Gasteiger partial charge in [-0.2, -0.15) is 0 Å². The Morgan fingerprint density at radius 3 is 2.86 bits per heavy atom. The summed E-state index contributed by atoms with van der Waals surface area (Å²) in [6, 6.07) is 10.0. The van der Waals surface area contributed by atoms with E-state index in [0.717, 1.165) is 24.8 Å². The van der Waals surface area contributed by atoms with Gasteiger partial charge >= 0.3 is 0 Å². The van der Waals surface area contributed by atoms with Crippen molar-refractivity contribution >= 4 is 0 Å². The van der Waals surface area contributed by atoms with Crippen LogP contribution in [0, 0.1) is 5.92 Å². The van der Waals surface area contributed by atoms with Crippen LogP contribution in [0.1, 0.15) is 12.8 Å². The fraction of sp³-hybridized carbons (Fsp3) is 0.500. The Balaban J connectivity index is 1.67. The van der Waals surface area contributed by atoms with E-state index in [-0.39, 0.29) is 0 Å². The predicted molar refractivity (Wildman–Crippen MR) is 57.5 cm³/mol. The van der Waals surface area contributed by atoms with E-state index in [4.69, 9.17) is 4.74 Å². The Labute approximate surface area is 85.3 Å². The molecule has 14 heavy (non-hydrogen) atoms. The fourth-order valence-corrected chi connectivity index (χ4v) is 1.82. The molecule has 2 rings (SSSR count). The Bertz CT molecular complexity index is 254. The standard InChI is InChI=1S/C12H17NO/c1-2-4-12(5-3-1)14-9-7-11-6-8-13-10-11/h1-5,11,13H,6-10H2/t11-/m0/s1. The van der Waals surface area contributed by atoms with Crippen LogP contribution >= 0.6 is 0 Å². The Morgan fingerprint density at radius 2 is 2.14 bits per heavy atom. The van der Waals surface area contributed by atoms with Crippen molar-refractivity contribution in [2.24, 2.45) is 5.92 Å². The van der Waals surface area contributed by atoms with E-state index in [0.29, 0.717) is 0 Å². The molecule has 0 unspecified atom stereocenters. The van der Waals surface area contributed by atoms with E-state index in [1.54, 1.807) is 0 Å². The first kappa shape index (κ1) is 9.53. The lowest BCUT2D eigenvalue weighted by atomic mass is 10.1. The van der Waals surface area contributed by atoms with Gasteiger partial charge in [0.05, 0.1) is 6.61 Å². The molecule has 1 aliphatic rings.